The second-order valence-electron chi connectivity index (χ2n) is 5.20. The van der Waals surface area contributed by atoms with Gasteiger partial charge in [-0.05, 0) is 33.0 Å². The van der Waals surface area contributed by atoms with Gasteiger partial charge in [-0.2, -0.15) is 0 Å². The number of likely N-dealkylation sites (N-methyl/N-ethyl adjacent to an activating group) is 1. The molecular weight excluding hydrogens is 240 g/mol. The van der Waals surface area contributed by atoms with E-state index >= 15 is 0 Å². The highest BCUT2D eigenvalue weighted by Gasteiger charge is 2.24. The third-order valence-corrected chi connectivity index (χ3v) is 3.50. The van der Waals surface area contributed by atoms with E-state index in [2.05, 4.69) is 11.9 Å². The van der Waals surface area contributed by atoms with Crippen LogP contribution in [0.3, 0.4) is 0 Å². The summed E-state index contributed by atoms with van der Waals surface area (Å²) >= 11 is 0. The van der Waals surface area contributed by atoms with Gasteiger partial charge >= 0.3 is 0 Å². The smallest absolute Gasteiger partial charge is 0.263 e. The quantitative estimate of drug-likeness (QED) is 0.828. The zero-order valence-corrected chi connectivity index (χ0v) is 11.9. The van der Waals surface area contributed by atoms with Crippen LogP contribution < -0.4 is 4.74 Å². The molecule has 1 aliphatic rings. The first-order chi connectivity index (χ1) is 9.06. The number of carbonyl (C=O) groups is 1. The summed E-state index contributed by atoms with van der Waals surface area (Å²) < 4.78 is 5.71. The van der Waals surface area contributed by atoms with Crippen molar-refractivity contribution < 1.29 is 9.53 Å². The minimum Gasteiger partial charge on any atom is -0.481 e. The van der Waals surface area contributed by atoms with Crippen molar-refractivity contribution >= 4 is 5.91 Å². The molecule has 1 saturated heterocycles. The number of benzene rings is 1. The van der Waals surface area contributed by atoms with Crippen molar-refractivity contribution in [1.29, 1.82) is 0 Å². The maximum Gasteiger partial charge on any atom is 0.263 e. The number of carbonyl (C=O) groups excluding carboxylic acids is 1. The normalized spacial score (nSPS) is 18.2. The highest BCUT2D eigenvalue weighted by molar-refractivity contribution is 5.81. The van der Waals surface area contributed by atoms with E-state index in [4.69, 9.17) is 4.74 Å². The molecule has 1 aliphatic heterocycles. The van der Waals surface area contributed by atoms with Gasteiger partial charge in [0.25, 0.3) is 5.91 Å². The summed E-state index contributed by atoms with van der Waals surface area (Å²) in [6.07, 6.45) is -0.425. The van der Waals surface area contributed by atoms with Crippen molar-refractivity contribution in [1.82, 2.24) is 9.80 Å². The number of amides is 1. The van der Waals surface area contributed by atoms with Crippen LogP contribution in [0, 0.1) is 6.92 Å². The summed E-state index contributed by atoms with van der Waals surface area (Å²) in [6, 6.07) is 7.79. The minimum atomic E-state index is -0.425. The molecule has 19 heavy (non-hydrogen) atoms. The Morgan fingerprint density at radius 1 is 1.16 bits per heavy atom. The molecule has 1 amide bonds. The molecule has 0 aromatic heterocycles. The molecule has 2 rings (SSSR count). The van der Waals surface area contributed by atoms with Crippen LogP contribution in [0.25, 0.3) is 0 Å². The van der Waals surface area contributed by atoms with Crippen molar-refractivity contribution in [2.45, 2.75) is 20.0 Å². The van der Waals surface area contributed by atoms with Crippen molar-refractivity contribution in [2.75, 3.05) is 33.2 Å². The molecule has 0 aliphatic carbocycles. The number of hydrogen-bond acceptors (Lipinski definition) is 3. The van der Waals surface area contributed by atoms with Crippen LogP contribution in [0.1, 0.15) is 12.5 Å². The summed E-state index contributed by atoms with van der Waals surface area (Å²) in [5, 5.41) is 0. The Labute approximate surface area is 115 Å². The molecule has 1 heterocycles. The van der Waals surface area contributed by atoms with E-state index in [0.717, 1.165) is 31.9 Å². The van der Waals surface area contributed by atoms with Gasteiger partial charge in [0.2, 0.25) is 0 Å². The second-order valence-corrected chi connectivity index (χ2v) is 5.20. The summed E-state index contributed by atoms with van der Waals surface area (Å²) in [4.78, 5) is 16.4. The maximum absolute atomic E-state index is 12.3. The summed E-state index contributed by atoms with van der Waals surface area (Å²) in [5.41, 5.74) is 1.19. The molecule has 4 nitrogen and oxygen atoms in total. The van der Waals surface area contributed by atoms with Gasteiger partial charge in [0.15, 0.2) is 6.10 Å². The van der Waals surface area contributed by atoms with Gasteiger partial charge in [-0.1, -0.05) is 17.7 Å². The molecule has 0 N–H and O–H groups in total. The van der Waals surface area contributed by atoms with E-state index in [1.807, 2.05) is 43.0 Å². The van der Waals surface area contributed by atoms with Gasteiger partial charge in [0.1, 0.15) is 5.75 Å². The van der Waals surface area contributed by atoms with E-state index < -0.39 is 6.10 Å². The lowest BCUT2D eigenvalue weighted by Crippen LogP contribution is -2.50. The van der Waals surface area contributed by atoms with Crippen LogP contribution in [0.2, 0.25) is 0 Å². The van der Waals surface area contributed by atoms with Crippen LogP contribution in [0.15, 0.2) is 24.3 Å². The van der Waals surface area contributed by atoms with Crippen molar-refractivity contribution in [3.8, 4) is 5.75 Å². The number of piperazine rings is 1. The molecule has 4 heteroatoms. The van der Waals surface area contributed by atoms with Gasteiger partial charge in [-0.15, -0.1) is 0 Å². The Hall–Kier alpha value is -1.55. The highest BCUT2D eigenvalue weighted by atomic mass is 16.5. The number of aryl methyl sites for hydroxylation is 1. The average molecular weight is 262 g/mol. The third kappa shape index (κ3) is 3.70. The summed E-state index contributed by atoms with van der Waals surface area (Å²) in [5.74, 6) is 0.828. The standard InChI is InChI=1S/C15H22N2O2/c1-12-4-6-14(7-5-12)19-13(2)15(18)17-10-8-16(3)9-11-17/h4-7,13H,8-11H2,1-3H3/t13-/m1/s1. The Kier molecular flexibility index (Phi) is 4.43. The van der Waals surface area contributed by atoms with Gasteiger partial charge in [0.05, 0.1) is 0 Å². The molecule has 0 bridgehead atoms. The lowest BCUT2D eigenvalue weighted by atomic mass is 10.2. The molecular formula is C15H22N2O2. The van der Waals surface area contributed by atoms with Crippen LogP contribution in [-0.4, -0.2) is 55.0 Å². The van der Waals surface area contributed by atoms with Gasteiger partial charge in [-0.25, -0.2) is 0 Å². The van der Waals surface area contributed by atoms with Crippen LogP contribution in [0.5, 0.6) is 5.75 Å². The second kappa shape index (κ2) is 6.06. The topological polar surface area (TPSA) is 32.8 Å². The zero-order valence-electron chi connectivity index (χ0n) is 11.9. The lowest BCUT2D eigenvalue weighted by Gasteiger charge is -2.33. The van der Waals surface area contributed by atoms with Crippen LogP contribution in [0.4, 0.5) is 0 Å². The minimum absolute atomic E-state index is 0.0775. The number of rotatable bonds is 3. The van der Waals surface area contributed by atoms with Crippen LogP contribution in [-0.2, 0) is 4.79 Å². The molecule has 1 aromatic rings. The molecule has 0 radical (unpaired) electrons. The fourth-order valence-corrected chi connectivity index (χ4v) is 2.16. The van der Waals surface area contributed by atoms with Crippen molar-refractivity contribution in [3.05, 3.63) is 29.8 Å². The molecule has 104 valence electrons. The first-order valence-electron chi connectivity index (χ1n) is 6.77. The van der Waals surface area contributed by atoms with Crippen molar-refractivity contribution in [3.63, 3.8) is 0 Å². The van der Waals surface area contributed by atoms with Crippen molar-refractivity contribution in [2.24, 2.45) is 0 Å². The predicted octanol–water partition coefficient (Wildman–Crippen LogP) is 1.54. The number of hydrogen-bond donors (Lipinski definition) is 0. The fourth-order valence-electron chi connectivity index (χ4n) is 2.16. The summed E-state index contributed by atoms with van der Waals surface area (Å²) in [6.45, 7) is 7.29. The van der Waals surface area contributed by atoms with E-state index in [9.17, 15) is 4.79 Å². The maximum atomic E-state index is 12.3. The molecule has 0 unspecified atom stereocenters. The number of nitrogens with zero attached hydrogens (tertiary/aromatic N) is 2. The Morgan fingerprint density at radius 3 is 2.32 bits per heavy atom. The molecule has 0 saturated carbocycles. The van der Waals surface area contributed by atoms with E-state index in [0.29, 0.717) is 0 Å². The average Bonchev–Trinajstić information content (AvgIpc) is 2.41. The third-order valence-electron chi connectivity index (χ3n) is 3.50. The highest BCUT2D eigenvalue weighted by Crippen LogP contribution is 2.14. The predicted molar refractivity (Wildman–Crippen MR) is 75.3 cm³/mol. The number of ether oxygens (including phenoxy) is 1. The van der Waals surface area contributed by atoms with Gasteiger partial charge in [0, 0.05) is 26.2 Å². The molecule has 1 atom stereocenters. The molecule has 1 fully saturated rings. The molecule has 1 aromatic carbocycles. The summed E-state index contributed by atoms with van der Waals surface area (Å²) in [7, 11) is 2.08. The first kappa shape index (κ1) is 13.9. The largest absolute Gasteiger partial charge is 0.481 e. The fraction of sp³-hybridized carbons (Fsp3) is 0.533. The first-order valence-corrected chi connectivity index (χ1v) is 6.77. The monoisotopic (exact) mass is 262 g/mol. The Balaban J connectivity index is 1.90. The lowest BCUT2D eigenvalue weighted by molar-refractivity contribution is -0.139. The Bertz CT molecular complexity index is 422. The molecule has 0 spiro atoms. The van der Waals surface area contributed by atoms with Crippen LogP contribution >= 0.6 is 0 Å². The van der Waals surface area contributed by atoms with Gasteiger partial charge < -0.3 is 14.5 Å². The van der Waals surface area contributed by atoms with E-state index in [1.54, 1.807) is 0 Å². The van der Waals surface area contributed by atoms with Gasteiger partial charge in [-0.3, -0.25) is 4.79 Å². The van der Waals surface area contributed by atoms with E-state index in [1.165, 1.54) is 5.56 Å². The van der Waals surface area contributed by atoms with E-state index in [-0.39, 0.29) is 5.91 Å². The SMILES string of the molecule is Cc1ccc(O[C@H](C)C(=O)N2CCN(C)CC2)cc1. The zero-order chi connectivity index (χ0) is 13.8. The Morgan fingerprint density at radius 2 is 1.74 bits per heavy atom.